The lowest BCUT2D eigenvalue weighted by atomic mass is 10.0. The van der Waals surface area contributed by atoms with Crippen LogP contribution < -0.4 is 4.72 Å². The molecule has 0 aliphatic carbocycles. The van der Waals surface area contributed by atoms with Gasteiger partial charge < -0.3 is 0 Å². The Balaban J connectivity index is 2.12. The van der Waals surface area contributed by atoms with E-state index in [9.17, 15) is 8.42 Å². The number of halogens is 2. The third-order valence-electron chi connectivity index (χ3n) is 2.98. The van der Waals surface area contributed by atoms with Gasteiger partial charge >= 0.3 is 10.2 Å². The van der Waals surface area contributed by atoms with Crippen molar-refractivity contribution in [1.82, 2.24) is 14.3 Å². The van der Waals surface area contributed by atoms with E-state index in [0.717, 1.165) is 12.8 Å². The van der Waals surface area contributed by atoms with E-state index in [1.807, 2.05) is 0 Å². The van der Waals surface area contributed by atoms with Crippen LogP contribution in [0.2, 0.25) is 10.4 Å². The number of hydrogen-bond acceptors (Lipinski definition) is 4. The first-order valence-corrected chi connectivity index (χ1v) is 8.04. The van der Waals surface area contributed by atoms with E-state index in [1.165, 1.54) is 10.4 Å². The van der Waals surface area contributed by atoms with Gasteiger partial charge in [-0.3, -0.25) is 4.72 Å². The SMILES string of the molecule is CC1CCN(S(=O)(=O)Nc2cc(Cl)nc(Cl)n2)CC1. The lowest BCUT2D eigenvalue weighted by Gasteiger charge is -2.29. The average Bonchev–Trinajstić information content (AvgIpc) is 2.27. The Hall–Kier alpha value is -0.630. The van der Waals surface area contributed by atoms with Crippen molar-refractivity contribution >= 4 is 39.2 Å². The monoisotopic (exact) mass is 324 g/mol. The number of hydrogen-bond donors (Lipinski definition) is 1. The van der Waals surface area contributed by atoms with Crippen molar-refractivity contribution in [2.75, 3.05) is 17.8 Å². The molecule has 0 radical (unpaired) electrons. The number of anilines is 1. The van der Waals surface area contributed by atoms with Gasteiger partial charge in [-0.25, -0.2) is 4.98 Å². The third-order valence-corrected chi connectivity index (χ3v) is 4.86. The molecule has 106 valence electrons. The Bertz CT molecular complexity index is 538. The smallest absolute Gasteiger partial charge is 0.254 e. The van der Waals surface area contributed by atoms with Gasteiger partial charge in [0.05, 0.1) is 0 Å². The van der Waals surface area contributed by atoms with Crippen molar-refractivity contribution < 1.29 is 8.42 Å². The number of aromatic nitrogens is 2. The summed E-state index contributed by atoms with van der Waals surface area (Å²) in [6.45, 7) is 3.12. The van der Waals surface area contributed by atoms with Crippen LogP contribution in [0.3, 0.4) is 0 Å². The number of piperidine rings is 1. The highest BCUT2D eigenvalue weighted by molar-refractivity contribution is 7.90. The zero-order chi connectivity index (χ0) is 14.0. The van der Waals surface area contributed by atoms with Crippen LogP contribution in [0.5, 0.6) is 0 Å². The molecule has 0 unspecified atom stereocenters. The normalized spacial score (nSPS) is 18.5. The molecule has 2 heterocycles. The molecule has 19 heavy (non-hydrogen) atoms. The van der Waals surface area contributed by atoms with E-state index in [0.29, 0.717) is 19.0 Å². The van der Waals surface area contributed by atoms with Gasteiger partial charge in [0.25, 0.3) is 0 Å². The highest BCUT2D eigenvalue weighted by Crippen LogP contribution is 2.21. The van der Waals surface area contributed by atoms with Gasteiger partial charge in [-0.1, -0.05) is 18.5 Å². The standard InChI is InChI=1S/C10H14Cl2N4O2S/c1-7-2-4-16(5-3-7)19(17,18)15-9-6-8(11)13-10(12)14-9/h6-7H,2-5H2,1H3,(H,13,14,15). The van der Waals surface area contributed by atoms with Gasteiger partial charge in [-0.05, 0) is 30.4 Å². The molecule has 9 heteroatoms. The number of nitrogens with zero attached hydrogens (tertiary/aromatic N) is 3. The van der Waals surface area contributed by atoms with E-state index in [-0.39, 0.29) is 16.3 Å². The molecular formula is C10H14Cl2N4O2S. The molecule has 1 aromatic rings. The second-order valence-corrected chi connectivity index (χ2v) is 6.93. The van der Waals surface area contributed by atoms with Crippen molar-refractivity contribution in [3.8, 4) is 0 Å². The van der Waals surface area contributed by atoms with E-state index >= 15 is 0 Å². The van der Waals surface area contributed by atoms with E-state index < -0.39 is 10.2 Å². The molecule has 0 spiro atoms. The first-order valence-electron chi connectivity index (χ1n) is 5.85. The van der Waals surface area contributed by atoms with Crippen LogP contribution in [0.25, 0.3) is 0 Å². The largest absolute Gasteiger partial charge is 0.302 e. The van der Waals surface area contributed by atoms with Gasteiger partial charge in [0.1, 0.15) is 11.0 Å². The molecule has 1 aromatic heterocycles. The second-order valence-electron chi connectivity index (χ2n) is 4.53. The summed E-state index contributed by atoms with van der Waals surface area (Å²) in [4.78, 5) is 7.44. The molecule has 0 saturated carbocycles. The Morgan fingerprint density at radius 1 is 1.32 bits per heavy atom. The first-order chi connectivity index (χ1) is 8.87. The topological polar surface area (TPSA) is 75.2 Å². The predicted octanol–water partition coefficient (Wildman–Crippen LogP) is 2.17. The van der Waals surface area contributed by atoms with Crippen LogP contribution in [0.15, 0.2) is 6.07 Å². The highest BCUT2D eigenvalue weighted by Gasteiger charge is 2.26. The summed E-state index contributed by atoms with van der Waals surface area (Å²) in [7, 11) is -3.62. The molecule has 1 aliphatic rings. The summed E-state index contributed by atoms with van der Waals surface area (Å²) in [6.07, 6.45) is 1.71. The lowest BCUT2D eigenvalue weighted by molar-refractivity contribution is 0.289. The van der Waals surface area contributed by atoms with Crippen LogP contribution in [-0.4, -0.2) is 35.8 Å². The maximum absolute atomic E-state index is 12.2. The van der Waals surface area contributed by atoms with Gasteiger partial charge in [-0.2, -0.15) is 17.7 Å². The number of nitrogens with one attached hydrogen (secondary N) is 1. The van der Waals surface area contributed by atoms with Crippen molar-refractivity contribution in [3.05, 3.63) is 16.5 Å². The zero-order valence-electron chi connectivity index (χ0n) is 10.3. The lowest BCUT2D eigenvalue weighted by Crippen LogP contribution is -2.41. The fourth-order valence-electron chi connectivity index (χ4n) is 1.86. The quantitative estimate of drug-likeness (QED) is 0.683. The van der Waals surface area contributed by atoms with Crippen molar-refractivity contribution in [2.45, 2.75) is 19.8 Å². The summed E-state index contributed by atoms with van der Waals surface area (Å²) >= 11 is 11.3. The summed E-state index contributed by atoms with van der Waals surface area (Å²) in [6, 6.07) is 1.32. The Morgan fingerprint density at radius 2 is 1.95 bits per heavy atom. The Kier molecular flexibility index (Phi) is 4.50. The van der Waals surface area contributed by atoms with E-state index in [1.54, 1.807) is 0 Å². The van der Waals surface area contributed by atoms with Gasteiger partial charge in [0.15, 0.2) is 0 Å². The summed E-state index contributed by atoms with van der Waals surface area (Å²) in [5.74, 6) is 0.623. The molecule has 0 amide bonds. The molecule has 2 rings (SSSR count). The molecule has 1 aliphatic heterocycles. The minimum absolute atomic E-state index is 0.0728. The molecule has 1 fully saturated rings. The number of rotatable bonds is 3. The predicted molar refractivity (Wildman–Crippen MR) is 74.6 cm³/mol. The van der Waals surface area contributed by atoms with Crippen molar-refractivity contribution in [3.63, 3.8) is 0 Å². The van der Waals surface area contributed by atoms with Crippen LogP contribution in [-0.2, 0) is 10.2 Å². The van der Waals surface area contributed by atoms with Gasteiger partial charge in [0.2, 0.25) is 5.28 Å². The molecule has 1 saturated heterocycles. The summed E-state index contributed by atoms with van der Waals surface area (Å²) < 4.78 is 28.1. The summed E-state index contributed by atoms with van der Waals surface area (Å²) in [5, 5.41) is -0.0116. The van der Waals surface area contributed by atoms with E-state index in [2.05, 4.69) is 21.6 Å². The fourth-order valence-corrected chi connectivity index (χ4v) is 3.46. The third kappa shape index (κ3) is 3.92. The van der Waals surface area contributed by atoms with E-state index in [4.69, 9.17) is 23.2 Å². The maximum Gasteiger partial charge on any atom is 0.302 e. The first kappa shape index (κ1) is 14.8. The highest BCUT2D eigenvalue weighted by atomic mass is 35.5. The van der Waals surface area contributed by atoms with Crippen LogP contribution in [0.4, 0.5) is 5.82 Å². The molecule has 0 atom stereocenters. The molecule has 6 nitrogen and oxygen atoms in total. The van der Waals surface area contributed by atoms with Gasteiger partial charge in [-0.15, -0.1) is 0 Å². The Morgan fingerprint density at radius 3 is 2.53 bits per heavy atom. The van der Waals surface area contributed by atoms with Crippen LogP contribution in [0, 0.1) is 5.92 Å². The van der Waals surface area contributed by atoms with Crippen LogP contribution >= 0.6 is 23.2 Å². The fraction of sp³-hybridized carbons (Fsp3) is 0.600. The maximum atomic E-state index is 12.2. The molecule has 0 aromatic carbocycles. The van der Waals surface area contributed by atoms with Gasteiger partial charge in [0, 0.05) is 19.2 Å². The average molecular weight is 325 g/mol. The van der Waals surface area contributed by atoms with Crippen molar-refractivity contribution in [2.24, 2.45) is 5.92 Å². The minimum atomic E-state index is -3.62. The van der Waals surface area contributed by atoms with Crippen LogP contribution in [0.1, 0.15) is 19.8 Å². The minimum Gasteiger partial charge on any atom is -0.254 e. The molecule has 1 N–H and O–H groups in total. The zero-order valence-corrected chi connectivity index (χ0v) is 12.6. The Labute approximate surface area is 122 Å². The van der Waals surface area contributed by atoms with Crippen molar-refractivity contribution in [1.29, 1.82) is 0 Å². The summed E-state index contributed by atoms with van der Waals surface area (Å²) in [5.41, 5.74) is 0. The molecular weight excluding hydrogens is 311 g/mol. The second kappa shape index (κ2) is 5.78. The molecule has 0 bridgehead atoms.